The molecule has 11 heteroatoms. The first-order valence-corrected chi connectivity index (χ1v) is 12.8. The number of anilines is 1. The predicted octanol–water partition coefficient (Wildman–Crippen LogP) is 7.23. The average Bonchev–Trinajstić information content (AvgIpc) is 2.99. The molecule has 1 aromatic heterocycles. The second-order valence-electron chi connectivity index (χ2n) is 8.61. The number of fused-ring (bicyclic) bond motifs is 1. The Hall–Kier alpha value is -5.61. The zero-order valence-corrected chi connectivity index (χ0v) is 22.8. The standard InChI is InChI=1S/C31H22ClN3O7/c1-39-28-18-26-22(17-23(28)29(36)35-31(38)42-20-10-6-3-7-11-20)27(14-15-33-26)40-21-12-13-25(24(32)16-21)34-30(37)41-19-8-4-2-5-9-19/h2-18H,1H3,(H,34,37)(H,35,36,38). The van der Waals surface area contributed by atoms with Crippen LogP contribution < -0.4 is 29.6 Å². The number of amides is 3. The van der Waals surface area contributed by atoms with Crippen LogP contribution in [0.5, 0.6) is 28.7 Å². The average molecular weight is 584 g/mol. The lowest BCUT2D eigenvalue weighted by Crippen LogP contribution is -2.33. The molecule has 0 radical (unpaired) electrons. The lowest BCUT2D eigenvalue weighted by Gasteiger charge is -2.14. The van der Waals surface area contributed by atoms with E-state index in [1.165, 1.54) is 25.4 Å². The topological polar surface area (TPSA) is 125 Å². The van der Waals surface area contributed by atoms with E-state index in [-0.39, 0.29) is 22.1 Å². The normalized spacial score (nSPS) is 10.4. The van der Waals surface area contributed by atoms with Gasteiger partial charge in [0, 0.05) is 23.7 Å². The summed E-state index contributed by atoms with van der Waals surface area (Å²) in [5, 5.41) is 5.45. The first kappa shape index (κ1) is 27.9. The van der Waals surface area contributed by atoms with Crippen LogP contribution in [0.2, 0.25) is 5.02 Å². The largest absolute Gasteiger partial charge is 0.496 e. The second-order valence-corrected chi connectivity index (χ2v) is 9.01. The summed E-state index contributed by atoms with van der Waals surface area (Å²) in [6, 6.07) is 26.3. The van der Waals surface area contributed by atoms with Crippen LogP contribution >= 0.6 is 11.6 Å². The molecule has 0 atom stereocenters. The van der Waals surface area contributed by atoms with Gasteiger partial charge >= 0.3 is 12.2 Å². The van der Waals surface area contributed by atoms with Gasteiger partial charge in [-0.25, -0.2) is 9.59 Å². The number of ether oxygens (including phenoxy) is 4. The number of imide groups is 1. The molecule has 0 saturated heterocycles. The predicted molar refractivity (Wildman–Crippen MR) is 156 cm³/mol. The van der Waals surface area contributed by atoms with Gasteiger partial charge in [0.05, 0.1) is 28.9 Å². The Morgan fingerprint density at radius 1 is 0.738 bits per heavy atom. The van der Waals surface area contributed by atoms with Crippen LogP contribution in [0, 0.1) is 0 Å². The van der Waals surface area contributed by atoms with Crippen LogP contribution in [0.25, 0.3) is 10.9 Å². The van der Waals surface area contributed by atoms with Crippen LogP contribution in [0.1, 0.15) is 10.4 Å². The van der Waals surface area contributed by atoms with E-state index in [4.69, 9.17) is 30.5 Å². The summed E-state index contributed by atoms with van der Waals surface area (Å²) >= 11 is 6.40. The number of aromatic nitrogens is 1. The maximum atomic E-state index is 13.0. The number of hydrogen-bond acceptors (Lipinski definition) is 8. The Balaban J connectivity index is 1.34. The van der Waals surface area contributed by atoms with Crippen molar-refractivity contribution in [2.75, 3.05) is 12.4 Å². The van der Waals surface area contributed by atoms with Gasteiger partial charge in [0.1, 0.15) is 28.7 Å². The fourth-order valence-electron chi connectivity index (χ4n) is 3.88. The highest BCUT2D eigenvalue weighted by Crippen LogP contribution is 2.35. The van der Waals surface area contributed by atoms with Crippen molar-refractivity contribution in [3.63, 3.8) is 0 Å². The third-order valence-electron chi connectivity index (χ3n) is 5.80. The van der Waals surface area contributed by atoms with Gasteiger partial charge in [-0.1, -0.05) is 48.0 Å². The fraction of sp³-hybridized carbons (Fsp3) is 0.0323. The Bertz CT molecular complexity index is 1770. The van der Waals surface area contributed by atoms with Gasteiger partial charge in [-0.15, -0.1) is 0 Å². The molecular weight excluding hydrogens is 562 g/mol. The van der Waals surface area contributed by atoms with E-state index in [9.17, 15) is 14.4 Å². The number of carbonyl (C=O) groups is 3. The first-order valence-electron chi connectivity index (χ1n) is 12.5. The number of halogens is 1. The summed E-state index contributed by atoms with van der Waals surface area (Å²) in [7, 11) is 1.40. The van der Waals surface area contributed by atoms with Crippen molar-refractivity contribution in [3.8, 4) is 28.7 Å². The lowest BCUT2D eigenvalue weighted by molar-refractivity contribution is 0.0948. The van der Waals surface area contributed by atoms with Gasteiger partial charge in [-0.3, -0.25) is 20.4 Å². The summed E-state index contributed by atoms with van der Waals surface area (Å²) in [6.07, 6.45) is -0.123. The van der Waals surface area contributed by atoms with Crippen molar-refractivity contribution in [1.82, 2.24) is 10.3 Å². The number of carbonyl (C=O) groups excluding carboxylic acids is 3. The molecule has 2 N–H and O–H groups in total. The quantitative estimate of drug-likeness (QED) is 0.205. The Labute approximate surface area is 244 Å². The second kappa shape index (κ2) is 12.7. The van der Waals surface area contributed by atoms with Crippen molar-refractivity contribution >= 4 is 46.3 Å². The first-order chi connectivity index (χ1) is 20.4. The summed E-state index contributed by atoms with van der Waals surface area (Å²) in [6.45, 7) is 0. The summed E-state index contributed by atoms with van der Waals surface area (Å²) in [4.78, 5) is 41.9. The minimum atomic E-state index is -0.952. The molecule has 0 aliphatic carbocycles. The number of nitrogens with zero attached hydrogens (tertiary/aromatic N) is 1. The summed E-state index contributed by atoms with van der Waals surface area (Å²) in [5.41, 5.74) is 0.846. The van der Waals surface area contributed by atoms with Gasteiger partial charge in [-0.2, -0.15) is 0 Å². The zero-order valence-electron chi connectivity index (χ0n) is 22.0. The summed E-state index contributed by atoms with van der Waals surface area (Å²) in [5.74, 6) is 0.810. The fourth-order valence-corrected chi connectivity index (χ4v) is 4.10. The molecule has 4 aromatic carbocycles. The highest BCUT2D eigenvalue weighted by molar-refractivity contribution is 6.33. The van der Waals surface area contributed by atoms with Crippen molar-refractivity contribution in [2.24, 2.45) is 0 Å². The maximum absolute atomic E-state index is 13.0. The molecule has 0 aliphatic rings. The minimum absolute atomic E-state index is 0.0578. The molecular formula is C31H22ClN3O7. The minimum Gasteiger partial charge on any atom is -0.496 e. The molecule has 10 nitrogen and oxygen atoms in total. The number of pyridine rings is 1. The number of hydrogen-bond donors (Lipinski definition) is 2. The summed E-state index contributed by atoms with van der Waals surface area (Å²) < 4.78 is 21.8. The van der Waals surface area contributed by atoms with Gasteiger partial charge in [-0.05, 0) is 48.5 Å². The van der Waals surface area contributed by atoms with E-state index >= 15 is 0 Å². The van der Waals surface area contributed by atoms with Gasteiger partial charge in [0.25, 0.3) is 5.91 Å². The van der Waals surface area contributed by atoms with Gasteiger partial charge in [0.2, 0.25) is 0 Å². The molecule has 0 bridgehead atoms. The van der Waals surface area contributed by atoms with E-state index in [1.54, 1.807) is 78.9 Å². The molecule has 0 unspecified atom stereocenters. The Morgan fingerprint density at radius 3 is 2.05 bits per heavy atom. The number of nitrogens with one attached hydrogen (secondary N) is 2. The number of benzene rings is 4. The smallest absolute Gasteiger partial charge is 0.419 e. The number of para-hydroxylation sites is 2. The maximum Gasteiger partial charge on any atom is 0.419 e. The highest BCUT2D eigenvalue weighted by atomic mass is 35.5. The molecule has 0 spiro atoms. The molecule has 210 valence electrons. The van der Waals surface area contributed by atoms with Crippen molar-refractivity contribution < 1.29 is 33.3 Å². The van der Waals surface area contributed by atoms with Crippen LogP contribution in [0.15, 0.2) is 103 Å². The van der Waals surface area contributed by atoms with E-state index in [2.05, 4.69) is 15.6 Å². The third-order valence-corrected chi connectivity index (χ3v) is 6.11. The van der Waals surface area contributed by atoms with Crippen LogP contribution in [-0.4, -0.2) is 30.2 Å². The molecule has 5 rings (SSSR count). The van der Waals surface area contributed by atoms with E-state index in [1.807, 2.05) is 6.07 Å². The molecule has 5 aromatic rings. The monoisotopic (exact) mass is 583 g/mol. The van der Waals surface area contributed by atoms with E-state index in [0.717, 1.165) is 0 Å². The molecule has 42 heavy (non-hydrogen) atoms. The zero-order chi connectivity index (χ0) is 29.5. The number of methoxy groups -OCH3 is 1. The third kappa shape index (κ3) is 6.75. The molecule has 1 heterocycles. The van der Waals surface area contributed by atoms with Gasteiger partial charge < -0.3 is 18.9 Å². The van der Waals surface area contributed by atoms with E-state index < -0.39 is 18.1 Å². The molecule has 0 aliphatic heterocycles. The van der Waals surface area contributed by atoms with Crippen molar-refractivity contribution in [1.29, 1.82) is 0 Å². The van der Waals surface area contributed by atoms with Crippen LogP contribution in [0.3, 0.4) is 0 Å². The molecule has 0 fully saturated rings. The lowest BCUT2D eigenvalue weighted by atomic mass is 10.1. The SMILES string of the molecule is COc1cc2nccc(Oc3ccc(NC(=O)Oc4ccccc4)c(Cl)c3)c2cc1C(=O)NC(=O)Oc1ccccc1. The van der Waals surface area contributed by atoms with Crippen molar-refractivity contribution in [3.05, 3.63) is 114 Å². The molecule has 0 saturated carbocycles. The highest BCUT2D eigenvalue weighted by Gasteiger charge is 2.20. The van der Waals surface area contributed by atoms with E-state index in [0.29, 0.717) is 33.8 Å². The Morgan fingerprint density at radius 2 is 1.40 bits per heavy atom. The van der Waals surface area contributed by atoms with Crippen LogP contribution in [0.4, 0.5) is 15.3 Å². The van der Waals surface area contributed by atoms with Gasteiger partial charge in [0.15, 0.2) is 0 Å². The van der Waals surface area contributed by atoms with Crippen molar-refractivity contribution in [2.45, 2.75) is 0 Å². The van der Waals surface area contributed by atoms with Crippen LogP contribution in [-0.2, 0) is 0 Å². The number of rotatable bonds is 7. The molecule has 3 amide bonds. The Kier molecular flexibility index (Phi) is 8.45.